The summed E-state index contributed by atoms with van der Waals surface area (Å²) in [5.41, 5.74) is 2.19. The zero-order valence-electron chi connectivity index (χ0n) is 15.5. The standard InChI is InChI=1S/C20H27ClN4O2/c21-18-1-3-19(4-2-18)25-14-16(12-23-25)11-22-13-20(17-5-8-27-15-17)24-6-9-26-10-7-24/h1-4,12,14,17,20,22H,5-11,13,15H2. The van der Waals surface area contributed by atoms with Crippen molar-refractivity contribution in [3.63, 3.8) is 0 Å². The molecule has 0 bridgehead atoms. The van der Waals surface area contributed by atoms with Crippen LogP contribution >= 0.6 is 11.6 Å². The van der Waals surface area contributed by atoms with E-state index in [1.54, 1.807) is 0 Å². The summed E-state index contributed by atoms with van der Waals surface area (Å²) in [6.07, 6.45) is 5.14. The zero-order chi connectivity index (χ0) is 18.5. The molecule has 2 aliphatic heterocycles. The van der Waals surface area contributed by atoms with Crippen LogP contribution in [0.5, 0.6) is 0 Å². The predicted molar refractivity (Wildman–Crippen MR) is 105 cm³/mol. The van der Waals surface area contributed by atoms with Crippen molar-refractivity contribution in [2.45, 2.75) is 19.0 Å². The highest BCUT2D eigenvalue weighted by atomic mass is 35.5. The molecule has 2 fully saturated rings. The molecule has 0 aliphatic carbocycles. The third kappa shape index (κ3) is 4.89. The molecule has 2 unspecified atom stereocenters. The number of halogens is 1. The molecule has 0 amide bonds. The summed E-state index contributed by atoms with van der Waals surface area (Å²) in [6.45, 7) is 7.21. The van der Waals surface area contributed by atoms with Gasteiger partial charge in [0.15, 0.2) is 0 Å². The van der Waals surface area contributed by atoms with E-state index in [1.807, 2.05) is 35.1 Å². The van der Waals surface area contributed by atoms with Crippen LogP contribution in [0, 0.1) is 5.92 Å². The Balaban J connectivity index is 1.33. The lowest BCUT2D eigenvalue weighted by Gasteiger charge is -2.37. The molecule has 2 saturated heterocycles. The van der Waals surface area contributed by atoms with Gasteiger partial charge in [-0.2, -0.15) is 5.10 Å². The average molecular weight is 391 g/mol. The highest BCUT2D eigenvalue weighted by Gasteiger charge is 2.31. The first-order valence-corrected chi connectivity index (χ1v) is 10.1. The molecule has 3 heterocycles. The van der Waals surface area contributed by atoms with E-state index in [0.29, 0.717) is 12.0 Å². The summed E-state index contributed by atoms with van der Waals surface area (Å²) in [6, 6.07) is 8.21. The highest BCUT2D eigenvalue weighted by Crippen LogP contribution is 2.22. The second kappa shape index (κ2) is 9.17. The molecular formula is C20H27ClN4O2. The van der Waals surface area contributed by atoms with Gasteiger partial charge in [0.25, 0.3) is 0 Å². The van der Waals surface area contributed by atoms with E-state index in [4.69, 9.17) is 21.1 Å². The molecule has 0 radical (unpaired) electrons. The normalized spacial score (nSPS) is 22.2. The van der Waals surface area contributed by atoms with E-state index in [0.717, 1.165) is 69.7 Å². The Labute approximate surface area is 165 Å². The van der Waals surface area contributed by atoms with E-state index >= 15 is 0 Å². The van der Waals surface area contributed by atoms with Crippen molar-refractivity contribution >= 4 is 11.6 Å². The van der Waals surface area contributed by atoms with E-state index in [1.165, 1.54) is 5.56 Å². The summed E-state index contributed by atoms with van der Waals surface area (Å²) in [7, 11) is 0. The number of hydrogen-bond acceptors (Lipinski definition) is 5. The molecule has 1 N–H and O–H groups in total. The Kier molecular flexibility index (Phi) is 6.42. The van der Waals surface area contributed by atoms with Crippen molar-refractivity contribution in [3.8, 4) is 5.69 Å². The Morgan fingerprint density at radius 2 is 1.96 bits per heavy atom. The van der Waals surface area contributed by atoms with E-state index in [-0.39, 0.29) is 0 Å². The number of rotatable bonds is 7. The molecule has 2 aliphatic rings. The van der Waals surface area contributed by atoms with Gasteiger partial charge in [-0.3, -0.25) is 4.90 Å². The predicted octanol–water partition coefficient (Wildman–Crippen LogP) is 2.35. The number of morpholine rings is 1. The van der Waals surface area contributed by atoms with E-state index in [9.17, 15) is 0 Å². The molecule has 1 aromatic heterocycles. The van der Waals surface area contributed by atoms with Crippen molar-refractivity contribution in [2.75, 3.05) is 46.1 Å². The van der Waals surface area contributed by atoms with Crippen LogP contribution in [0.15, 0.2) is 36.7 Å². The first kappa shape index (κ1) is 18.9. The highest BCUT2D eigenvalue weighted by molar-refractivity contribution is 6.30. The Morgan fingerprint density at radius 3 is 2.70 bits per heavy atom. The minimum Gasteiger partial charge on any atom is -0.381 e. The van der Waals surface area contributed by atoms with Gasteiger partial charge in [-0.05, 0) is 30.7 Å². The van der Waals surface area contributed by atoms with Gasteiger partial charge in [-0.15, -0.1) is 0 Å². The van der Waals surface area contributed by atoms with Crippen molar-refractivity contribution in [1.29, 1.82) is 0 Å². The summed E-state index contributed by atoms with van der Waals surface area (Å²) in [5, 5.41) is 8.84. The maximum atomic E-state index is 5.96. The third-order valence-electron chi connectivity index (χ3n) is 5.43. The summed E-state index contributed by atoms with van der Waals surface area (Å²) in [4.78, 5) is 2.56. The van der Waals surface area contributed by atoms with Gasteiger partial charge in [-0.1, -0.05) is 11.6 Å². The van der Waals surface area contributed by atoms with Crippen LogP contribution < -0.4 is 5.32 Å². The number of hydrogen-bond donors (Lipinski definition) is 1. The van der Waals surface area contributed by atoms with Crippen LogP contribution in [0.2, 0.25) is 5.02 Å². The first-order chi connectivity index (χ1) is 13.3. The fourth-order valence-corrected chi connectivity index (χ4v) is 4.04. The van der Waals surface area contributed by atoms with Gasteiger partial charge in [0.1, 0.15) is 0 Å². The zero-order valence-corrected chi connectivity index (χ0v) is 16.3. The molecule has 146 valence electrons. The van der Waals surface area contributed by atoms with Gasteiger partial charge in [0.2, 0.25) is 0 Å². The number of ether oxygens (including phenoxy) is 2. The lowest BCUT2D eigenvalue weighted by atomic mass is 9.97. The topological polar surface area (TPSA) is 51.5 Å². The number of nitrogens with zero attached hydrogens (tertiary/aromatic N) is 3. The number of nitrogens with one attached hydrogen (secondary N) is 1. The quantitative estimate of drug-likeness (QED) is 0.786. The second-order valence-electron chi connectivity index (χ2n) is 7.24. The van der Waals surface area contributed by atoms with Crippen LogP contribution in [0.1, 0.15) is 12.0 Å². The smallest absolute Gasteiger partial charge is 0.0646 e. The Morgan fingerprint density at radius 1 is 1.15 bits per heavy atom. The summed E-state index contributed by atoms with van der Waals surface area (Å²) >= 11 is 5.96. The van der Waals surface area contributed by atoms with Crippen LogP contribution in [0.3, 0.4) is 0 Å². The maximum Gasteiger partial charge on any atom is 0.0646 e. The molecule has 27 heavy (non-hydrogen) atoms. The Hall–Kier alpha value is -1.44. The van der Waals surface area contributed by atoms with Crippen LogP contribution in [-0.2, 0) is 16.0 Å². The lowest BCUT2D eigenvalue weighted by Crippen LogP contribution is -2.51. The van der Waals surface area contributed by atoms with Crippen molar-refractivity contribution in [1.82, 2.24) is 20.0 Å². The van der Waals surface area contributed by atoms with Gasteiger partial charge < -0.3 is 14.8 Å². The first-order valence-electron chi connectivity index (χ1n) is 9.69. The largest absolute Gasteiger partial charge is 0.381 e. The van der Waals surface area contributed by atoms with Crippen LogP contribution in [0.25, 0.3) is 5.69 Å². The third-order valence-corrected chi connectivity index (χ3v) is 5.69. The molecule has 6 nitrogen and oxygen atoms in total. The average Bonchev–Trinajstić information content (AvgIpc) is 3.39. The van der Waals surface area contributed by atoms with Crippen molar-refractivity contribution in [3.05, 3.63) is 47.2 Å². The van der Waals surface area contributed by atoms with Crippen LogP contribution in [0.4, 0.5) is 0 Å². The fourth-order valence-electron chi connectivity index (χ4n) is 3.91. The fraction of sp³-hybridized carbons (Fsp3) is 0.550. The van der Waals surface area contributed by atoms with Gasteiger partial charge in [0.05, 0.1) is 31.7 Å². The van der Waals surface area contributed by atoms with Crippen molar-refractivity contribution in [2.24, 2.45) is 5.92 Å². The maximum absolute atomic E-state index is 5.96. The van der Waals surface area contributed by atoms with Crippen molar-refractivity contribution < 1.29 is 9.47 Å². The summed E-state index contributed by atoms with van der Waals surface area (Å²) < 4.78 is 13.1. The lowest BCUT2D eigenvalue weighted by molar-refractivity contribution is 0.00137. The molecule has 7 heteroatoms. The van der Waals surface area contributed by atoms with E-state index < -0.39 is 0 Å². The number of aromatic nitrogens is 2. The molecule has 0 spiro atoms. The molecule has 2 aromatic rings. The Bertz CT molecular complexity index is 709. The molecule has 1 aromatic carbocycles. The molecular weight excluding hydrogens is 364 g/mol. The molecule has 2 atom stereocenters. The van der Waals surface area contributed by atoms with E-state index in [2.05, 4.69) is 21.5 Å². The minimum absolute atomic E-state index is 0.503. The monoisotopic (exact) mass is 390 g/mol. The van der Waals surface area contributed by atoms with Crippen LogP contribution in [-0.4, -0.2) is 66.8 Å². The SMILES string of the molecule is Clc1ccc(-n2cc(CNCC(C3CCOC3)N3CCOCC3)cn2)cc1. The second-order valence-corrected chi connectivity index (χ2v) is 7.68. The number of benzene rings is 1. The van der Waals surface area contributed by atoms with Gasteiger partial charge in [0, 0.05) is 61.5 Å². The van der Waals surface area contributed by atoms with Gasteiger partial charge >= 0.3 is 0 Å². The van der Waals surface area contributed by atoms with Gasteiger partial charge in [-0.25, -0.2) is 4.68 Å². The summed E-state index contributed by atoms with van der Waals surface area (Å²) in [5.74, 6) is 0.604. The molecule has 0 saturated carbocycles. The molecule has 4 rings (SSSR count). The minimum atomic E-state index is 0.503.